The van der Waals surface area contributed by atoms with Crippen LogP contribution in [0.2, 0.25) is 0 Å². The first-order valence-electron chi connectivity index (χ1n) is 5.23. The van der Waals surface area contributed by atoms with Gasteiger partial charge in [0.05, 0.1) is 0 Å². The predicted octanol–water partition coefficient (Wildman–Crippen LogP) is 5.14. The van der Waals surface area contributed by atoms with Crippen LogP contribution in [0, 0.1) is 0 Å². The fourth-order valence-electron chi connectivity index (χ4n) is 0.415. The molecular weight excluding hydrogens is 156 g/mol. The van der Waals surface area contributed by atoms with Crippen molar-refractivity contribution >= 4 is 0 Å². The fraction of sp³-hybridized carbons (Fsp3) is 0.538. The molecule has 0 rings (SSSR count). The SMILES string of the molecule is CC.CC.C\C=C/C=C\C(C)=C/C. The van der Waals surface area contributed by atoms with Crippen LogP contribution in [0.1, 0.15) is 48.5 Å². The van der Waals surface area contributed by atoms with Crippen molar-refractivity contribution in [1.29, 1.82) is 0 Å². The summed E-state index contributed by atoms with van der Waals surface area (Å²) in [6.07, 6.45) is 10.2. The predicted molar refractivity (Wildman–Crippen MR) is 66.1 cm³/mol. The van der Waals surface area contributed by atoms with Crippen molar-refractivity contribution in [2.45, 2.75) is 48.5 Å². The lowest BCUT2D eigenvalue weighted by atomic mass is 10.2. The Morgan fingerprint density at radius 1 is 0.846 bits per heavy atom. The van der Waals surface area contributed by atoms with E-state index in [1.807, 2.05) is 59.8 Å². The molecule has 0 atom stereocenters. The number of rotatable bonds is 2. The van der Waals surface area contributed by atoms with Crippen LogP contribution < -0.4 is 0 Å². The molecule has 0 bridgehead atoms. The first-order valence-corrected chi connectivity index (χ1v) is 5.23. The van der Waals surface area contributed by atoms with Gasteiger partial charge in [0, 0.05) is 0 Å². The Kier molecular flexibility index (Phi) is 31.3. The molecule has 0 aromatic rings. The first kappa shape index (κ1) is 18.1. The quantitative estimate of drug-likeness (QED) is 0.519. The third-order valence-electron chi connectivity index (χ3n) is 1.12. The topological polar surface area (TPSA) is 0 Å². The van der Waals surface area contributed by atoms with Gasteiger partial charge in [0.15, 0.2) is 0 Å². The Labute approximate surface area is 85.1 Å². The number of hydrogen-bond donors (Lipinski definition) is 0. The molecule has 0 amide bonds. The fourth-order valence-corrected chi connectivity index (χ4v) is 0.415. The summed E-state index contributed by atoms with van der Waals surface area (Å²) in [7, 11) is 0. The Balaban J connectivity index is -0.000000218. The van der Waals surface area contributed by atoms with E-state index in [-0.39, 0.29) is 0 Å². The van der Waals surface area contributed by atoms with E-state index in [9.17, 15) is 0 Å². The number of hydrogen-bond acceptors (Lipinski definition) is 0. The zero-order chi connectivity index (χ0) is 11.1. The normalized spacial score (nSPS) is 10.5. The average molecular weight is 182 g/mol. The molecule has 0 spiro atoms. The van der Waals surface area contributed by atoms with E-state index in [1.54, 1.807) is 0 Å². The minimum absolute atomic E-state index is 1.30. The molecule has 0 fully saturated rings. The van der Waals surface area contributed by atoms with Crippen molar-refractivity contribution < 1.29 is 0 Å². The van der Waals surface area contributed by atoms with Crippen molar-refractivity contribution in [2.24, 2.45) is 0 Å². The van der Waals surface area contributed by atoms with Crippen molar-refractivity contribution in [3.8, 4) is 0 Å². The molecule has 0 saturated carbocycles. The van der Waals surface area contributed by atoms with E-state index in [0.717, 1.165) is 0 Å². The van der Waals surface area contributed by atoms with E-state index in [0.29, 0.717) is 0 Å². The maximum atomic E-state index is 2.08. The van der Waals surface area contributed by atoms with Crippen LogP contribution in [-0.2, 0) is 0 Å². The van der Waals surface area contributed by atoms with Crippen LogP contribution in [0.4, 0.5) is 0 Å². The largest absolute Gasteiger partial charge is 0.0877 e. The third kappa shape index (κ3) is 24.7. The maximum absolute atomic E-state index is 2.08. The molecular formula is C13H26. The van der Waals surface area contributed by atoms with Gasteiger partial charge in [-0.05, 0) is 20.8 Å². The molecule has 0 saturated heterocycles. The molecule has 13 heavy (non-hydrogen) atoms. The average Bonchev–Trinajstić information content (AvgIpc) is 2.24. The van der Waals surface area contributed by atoms with Crippen LogP contribution in [0.5, 0.6) is 0 Å². The third-order valence-corrected chi connectivity index (χ3v) is 1.12. The Hall–Kier alpha value is -0.780. The zero-order valence-corrected chi connectivity index (χ0v) is 10.4. The smallest absolute Gasteiger partial charge is 0.0401 e. The summed E-state index contributed by atoms with van der Waals surface area (Å²) in [5.74, 6) is 0. The summed E-state index contributed by atoms with van der Waals surface area (Å²) >= 11 is 0. The molecule has 0 aliphatic carbocycles. The van der Waals surface area contributed by atoms with Crippen molar-refractivity contribution in [2.75, 3.05) is 0 Å². The standard InChI is InChI=1S/C9H14.2C2H6/c1-4-6-7-8-9(3)5-2;2*1-2/h4-8H,1-3H3;2*1-2H3/b6-4-,8-7-,9-5-;;. The molecule has 78 valence electrons. The molecule has 0 nitrogen and oxygen atoms in total. The second-order valence-corrected chi connectivity index (χ2v) is 1.92. The van der Waals surface area contributed by atoms with Crippen LogP contribution in [0.3, 0.4) is 0 Å². The summed E-state index contributed by atoms with van der Waals surface area (Å²) in [6.45, 7) is 14.1. The highest BCUT2D eigenvalue weighted by Crippen LogP contribution is 1.92. The summed E-state index contributed by atoms with van der Waals surface area (Å²) in [5, 5.41) is 0. The molecule has 0 radical (unpaired) electrons. The minimum atomic E-state index is 1.30. The van der Waals surface area contributed by atoms with Crippen LogP contribution in [0.25, 0.3) is 0 Å². The molecule has 0 aliphatic rings. The van der Waals surface area contributed by atoms with Gasteiger partial charge in [-0.1, -0.05) is 63.6 Å². The van der Waals surface area contributed by atoms with Crippen LogP contribution in [0.15, 0.2) is 36.0 Å². The molecule has 0 aromatic heterocycles. The number of allylic oxidation sites excluding steroid dienone is 6. The van der Waals surface area contributed by atoms with Crippen molar-refractivity contribution in [3.63, 3.8) is 0 Å². The van der Waals surface area contributed by atoms with Crippen molar-refractivity contribution in [3.05, 3.63) is 36.0 Å². The van der Waals surface area contributed by atoms with Gasteiger partial charge in [0.2, 0.25) is 0 Å². The minimum Gasteiger partial charge on any atom is -0.0877 e. The van der Waals surface area contributed by atoms with E-state index >= 15 is 0 Å². The highest BCUT2D eigenvalue weighted by Gasteiger charge is 1.71. The highest BCUT2D eigenvalue weighted by atomic mass is 13.8. The zero-order valence-electron chi connectivity index (χ0n) is 10.4. The maximum Gasteiger partial charge on any atom is -0.0401 e. The second kappa shape index (κ2) is 22.5. The highest BCUT2D eigenvalue weighted by molar-refractivity contribution is 5.18. The van der Waals surface area contributed by atoms with Crippen LogP contribution in [-0.4, -0.2) is 0 Å². The van der Waals surface area contributed by atoms with E-state index < -0.39 is 0 Å². The Morgan fingerprint density at radius 2 is 1.31 bits per heavy atom. The van der Waals surface area contributed by atoms with Gasteiger partial charge < -0.3 is 0 Å². The van der Waals surface area contributed by atoms with E-state index in [2.05, 4.69) is 19.1 Å². The van der Waals surface area contributed by atoms with Gasteiger partial charge in [-0.2, -0.15) is 0 Å². The van der Waals surface area contributed by atoms with E-state index in [1.165, 1.54) is 5.57 Å². The van der Waals surface area contributed by atoms with Gasteiger partial charge in [-0.15, -0.1) is 0 Å². The monoisotopic (exact) mass is 182 g/mol. The van der Waals surface area contributed by atoms with Gasteiger partial charge in [-0.25, -0.2) is 0 Å². The first-order chi connectivity index (χ1) is 6.31. The lowest BCUT2D eigenvalue weighted by molar-refractivity contribution is 1.48. The summed E-state index contributed by atoms with van der Waals surface area (Å²) in [5.41, 5.74) is 1.30. The summed E-state index contributed by atoms with van der Waals surface area (Å²) < 4.78 is 0. The molecule has 0 heterocycles. The summed E-state index contributed by atoms with van der Waals surface area (Å²) in [4.78, 5) is 0. The summed E-state index contributed by atoms with van der Waals surface area (Å²) in [6, 6.07) is 0. The molecule has 0 heteroatoms. The lowest BCUT2D eigenvalue weighted by Crippen LogP contribution is -1.61. The Bertz CT molecular complexity index is 136. The van der Waals surface area contributed by atoms with Gasteiger partial charge in [0.25, 0.3) is 0 Å². The second-order valence-electron chi connectivity index (χ2n) is 1.92. The van der Waals surface area contributed by atoms with Crippen molar-refractivity contribution in [1.82, 2.24) is 0 Å². The molecule has 0 unspecified atom stereocenters. The van der Waals surface area contributed by atoms with E-state index in [4.69, 9.17) is 0 Å². The van der Waals surface area contributed by atoms with Gasteiger partial charge in [0.1, 0.15) is 0 Å². The van der Waals surface area contributed by atoms with Gasteiger partial charge >= 0.3 is 0 Å². The molecule has 0 aliphatic heterocycles. The van der Waals surface area contributed by atoms with Crippen LogP contribution >= 0.6 is 0 Å². The van der Waals surface area contributed by atoms with Gasteiger partial charge in [-0.3, -0.25) is 0 Å². The Morgan fingerprint density at radius 3 is 1.62 bits per heavy atom. The molecule has 0 aromatic carbocycles. The molecule has 0 N–H and O–H groups in total. The lowest BCUT2D eigenvalue weighted by Gasteiger charge is -1.82.